The lowest BCUT2D eigenvalue weighted by Gasteiger charge is -2.06. The van der Waals surface area contributed by atoms with Crippen molar-refractivity contribution in [2.75, 3.05) is 12.4 Å². The molecule has 1 N–H and O–H groups in total. The van der Waals surface area contributed by atoms with Crippen LogP contribution in [0.25, 0.3) is 10.2 Å². The third kappa shape index (κ3) is 3.29. The van der Waals surface area contributed by atoms with Crippen molar-refractivity contribution in [3.63, 3.8) is 0 Å². The van der Waals surface area contributed by atoms with Crippen molar-refractivity contribution in [2.24, 2.45) is 0 Å². The predicted octanol–water partition coefficient (Wildman–Crippen LogP) is 2.72. The van der Waals surface area contributed by atoms with Gasteiger partial charge in [0.2, 0.25) is 0 Å². The summed E-state index contributed by atoms with van der Waals surface area (Å²) in [7, 11) is 1.84. The van der Waals surface area contributed by atoms with Crippen molar-refractivity contribution in [3.8, 4) is 0 Å². The van der Waals surface area contributed by atoms with E-state index >= 15 is 0 Å². The maximum atomic E-state index is 11.5. The lowest BCUT2D eigenvalue weighted by molar-refractivity contribution is -0.116. The predicted molar refractivity (Wildman–Crippen MR) is 84.5 cm³/mol. The first-order valence-corrected chi connectivity index (χ1v) is 7.25. The molecule has 0 saturated carbocycles. The quantitative estimate of drug-likeness (QED) is 0.743. The first kappa shape index (κ1) is 14.4. The highest BCUT2D eigenvalue weighted by Gasteiger charge is 2.23. The molecule has 1 aromatic heterocycles. The fourth-order valence-electron chi connectivity index (χ4n) is 1.70. The minimum atomic E-state index is -0.622. The molecule has 0 fully saturated rings. The van der Waals surface area contributed by atoms with Crippen molar-refractivity contribution in [2.45, 2.75) is 12.3 Å². The first-order valence-electron chi connectivity index (χ1n) is 5.54. The Morgan fingerprint density at radius 2 is 2.16 bits per heavy atom. The number of benzene rings is 1. The fourth-order valence-corrected chi connectivity index (χ4v) is 3.29. The standard InChI is InChI=1S/C12H12N2O2S3/c1-13-6-2-3-8-9(4-6)19-11(14-8)7(12(16)18)5-10(15)17/h2-4,7,13H,5H2,1H3,(H,15,17)(H,16,18). The zero-order chi connectivity index (χ0) is 14.0. The number of thiol groups is 2. The molecule has 0 aliphatic carbocycles. The molecule has 0 aliphatic rings. The molecule has 0 amide bonds. The van der Waals surface area contributed by atoms with E-state index < -0.39 is 5.92 Å². The highest BCUT2D eigenvalue weighted by molar-refractivity contribution is 7.97. The maximum absolute atomic E-state index is 11.5. The van der Waals surface area contributed by atoms with E-state index in [2.05, 4.69) is 35.6 Å². The van der Waals surface area contributed by atoms with E-state index in [4.69, 9.17) is 0 Å². The van der Waals surface area contributed by atoms with Gasteiger partial charge in [-0.05, 0) is 18.2 Å². The summed E-state index contributed by atoms with van der Waals surface area (Å²) in [4.78, 5) is 27.0. The van der Waals surface area contributed by atoms with Crippen LogP contribution in [0.2, 0.25) is 0 Å². The van der Waals surface area contributed by atoms with Gasteiger partial charge in [-0.1, -0.05) is 0 Å². The Hall–Kier alpha value is -1.05. The molecule has 0 aliphatic heterocycles. The minimum Gasteiger partial charge on any atom is -0.388 e. The smallest absolute Gasteiger partial charge is 0.196 e. The maximum Gasteiger partial charge on any atom is 0.196 e. The van der Waals surface area contributed by atoms with Crippen LogP contribution in [0.4, 0.5) is 5.69 Å². The molecule has 0 bridgehead atoms. The Labute approximate surface area is 125 Å². The lowest BCUT2D eigenvalue weighted by Crippen LogP contribution is -2.09. The van der Waals surface area contributed by atoms with Crippen LogP contribution in [0, 0.1) is 0 Å². The van der Waals surface area contributed by atoms with Gasteiger partial charge in [0.1, 0.15) is 5.01 Å². The number of nitrogens with one attached hydrogen (secondary N) is 1. The third-order valence-corrected chi connectivity index (χ3v) is 4.29. The number of hydrogen-bond donors (Lipinski definition) is 3. The number of thiazole rings is 1. The van der Waals surface area contributed by atoms with Gasteiger partial charge in [0.15, 0.2) is 10.2 Å². The Morgan fingerprint density at radius 1 is 1.42 bits per heavy atom. The minimum absolute atomic E-state index is 0.0180. The monoisotopic (exact) mass is 312 g/mol. The number of hydrogen-bond acceptors (Lipinski definition) is 5. The van der Waals surface area contributed by atoms with Gasteiger partial charge in [-0.3, -0.25) is 9.59 Å². The number of anilines is 1. The zero-order valence-electron chi connectivity index (χ0n) is 10.1. The van der Waals surface area contributed by atoms with E-state index in [1.807, 2.05) is 25.2 Å². The normalized spacial score (nSPS) is 12.4. The molecule has 1 unspecified atom stereocenters. The van der Waals surface area contributed by atoms with Gasteiger partial charge >= 0.3 is 0 Å². The summed E-state index contributed by atoms with van der Waals surface area (Å²) >= 11 is 8.95. The van der Waals surface area contributed by atoms with Crippen LogP contribution in [0.1, 0.15) is 17.3 Å². The molecule has 1 heterocycles. The van der Waals surface area contributed by atoms with Gasteiger partial charge < -0.3 is 5.32 Å². The Bertz CT molecular complexity index is 639. The molecule has 19 heavy (non-hydrogen) atoms. The second-order valence-electron chi connectivity index (χ2n) is 3.97. The van der Waals surface area contributed by atoms with E-state index in [-0.39, 0.29) is 16.7 Å². The summed E-state index contributed by atoms with van der Waals surface area (Å²) in [5.41, 5.74) is 1.78. The average molecular weight is 312 g/mol. The molecule has 100 valence electrons. The van der Waals surface area contributed by atoms with Crippen molar-refractivity contribution in [3.05, 3.63) is 23.2 Å². The van der Waals surface area contributed by atoms with Crippen molar-refractivity contribution < 1.29 is 9.59 Å². The first-order chi connectivity index (χ1) is 9.01. The van der Waals surface area contributed by atoms with Crippen LogP contribution in [-0.2, 0) is 9.59 Å². The molecular weight excluding hydrogens is 300 g/mol. The van der Waals surface area contributed by atoms with Crippen LogP contribution in [0.3, 0.4) is 0 Å². The van der Waals surface area contributed by atoms with E-state index in [1.165, 1.54) is 11.3 Å². The number of fused-ring (bicyclic) bond motifs is 1. The van der Waals surface area contributed by atoms with Gasteiger partial charge in [-0.25, -0.2) is 4.98 Å². The van der Waals surface area contributed by atoms with Crippen molar-refractivity contribution in [1.29, 1.82) is 0 Å². The lowest BCUT2D eigenvalue weighted by atomic mass is 10.1. The van der Waals surface area contributed by atoms with E-state index in [1.54, 1.807) is 0 Å². The molecule has 2 rings (SSSR count). The largest absolute Gasteiger partial charge is 0.388 e. The van der Waals surface area contributed by atoms with Crippen LogP contribution in [0.15, 0.2) is 18.2 Å². The molecule has 1 aromatic carbocycles. The third-order valence-electron chi connectivity index (χ3n) is 2.67. The van der Waals surface area contributed by atoms with Crippen LogP contribution in [0.5, 0.6) is 0 Å². The van der Waals surface area contributed by atoms with Crippen LogP contribution in [-0.4, -0.2) is 22.3 Å². The summed E-state index contributed by atoms with van der Waals surface area (Å²) in [6, 6.07) is 5.75. The molecule has 1 atom stereocenters. The summed E-state index contributed by atoms with van der Waals surface area (Å²) in [6.45, 7) is 0. The molecule has 0 spiro atoms. The Kier molecular flexibility index (Phi) is 4.49. The molecule has 0 saturated heterocycles. The second-order valence-corrected chi connectivity index (χ2v) is 5.98. The highest BCUT2D eigenvalue weighted by Crippen LogP contribution is 2.32. The summed E-state index contributed by atoms with van der Waals surface area (Å²) in [5, 5.41) is 2.94. The van der Waals surface area contributed by atoms with Gasteiger partial charge in [-0.2, -0.15) is 0 Å². The van der Waals surface area contributed by atoms with Crippen molar-refractivity contribution in [1.82, 2.24) is 4.98 Å². The van der Waals surface area contributed by atoms with Crippen LogP contribution < -0.4 is 5.32 Å². The molecule has 0 radical (unpaired) electrons. The Balaban J connectivity index is 2.42. The number of carbonyl (C=O) groups is 2. The topological polar surface area (TPSA) is 59.1 Å². The number of nitrogens with zero attached hydrogens (tertiary/aromatic N) is 1. The molecule has 2 aromatic rings. The number of aromatic nitrogens is 1. The second kappa shape index (κ2) is 5.94. The van der Waals surface area contributed by atoms with Gasteiger partial charge in [0.05, 0.1) is 16.1 Å². The van der Waals surface area contributed by atoms with Gasteiger partial charge in [0, 0.05) is 19.2 Å². The average Bonchev–Trinajstić information content (AvgIpc) is 2.77. The zero-order valence-corrected chi connectivity index (χ0v) is 12.7. The van der Waals surface area contributed by atoms with Gasteiger partial charge in [0.25, 0.3) is 0 Å². The van der Waals surface area contributed by atoms with Crippen LogP contribution >= 0.6 is 36.6 Å². The number of rotatable bonds is 5. The SMILES string of the molecule is CNc1ccc2nc(C(CC(=O)S)C(=O)S)sc2c1. The van der Waals surface area contributed by atoms with E-state index in [0.717, 1.165) is 15.9 Å². The highest BCUT2D eigenvalue weighted by atomic mass is 32.1. The molecule has 4 nitrogen and oxygen atoms in total. The molecule has 7 heteroatoms. The Morgan fingerprint density at radius 3 is 2.74 bits per heavy atom. The van der Waals surface area contributed by atoms with Gasteiger partial charge in [-0.15, -0.1) is 36.6 Å². The molecular formula is C12H12N2O2S3. The fraction of sp³-hybridized carbons (Fsp3) is 0.250. The summed E-state index contributed by atoms with van der Waals surface area (Å²) in [5.74, 6) is -0.622. The van der Waals surface area contributed by atoms with Crippen molar-refractivity contribution >= 4 is 62.7 Å². The number of carbonyl (C=O) groups excluding carboxylic acids is 2. The van der Waals surface area contributed by atoms with E-state index in [9.17, 15) is 9.59 Å². The summed E-state index contributed by atoms with van der Waals surface area (Å²) < 4.78 is 0.966. The van der Waals surface area contributed by atoms with E-state index in [0.29, 0.717) is 5.01 Å². The summed E-state index contributed by atoms with van der Waals surface area (Å²) in [6.07, 6.45) is 0.0180.